The number of thiophene rings is 1. The highest BCUT2D eigenvalue weighted by molar-refractivity contribution is 7.09. The Labute approximate surface area is 74.2 Å². The zero-order chi connectivity index (χ0) is 8.23. The molecule has 0 amide bonds. The van der Waals surface area contributed by atoms with Gasteiger partial charge in [-0.25, -0.2) is 0 Å². The van der Waals surface area contributed by atoms with Crippen LogP contribution in [0.1, 0.15) is 4.88 Å². The summed E-state index contributed by atoms with van der Waals surface area (Å²) in [7, 11) is 0. The van der Waals surface area contributed by atoms with Crippen LogP contribution >= 0.6 is 11.3 Å². The van der Waals surface area contributed by atoms with Crippen LogP contribution in [0.15, 0.2) is 36.0 Å². The second-order valence-electron chi connectivity index (χ2n) is 2.26. The van der Waals surface area contributed by atoms with Crippen LogP contribution in [0.4, 0.5) is 0 Å². The van der Waals surface area contributed by atoms with Gasteiger partial charge in [0.15, 0.2) is 6.61 Å². The van der Waals surface area contributed by atoms with Crippen LogP contribution in [0, 0.1) is 0 Å². The van der Waals surface area contributed by atoms with Crippen molar-refractivity contribution in [3.8, 4) is 0 Å². The summed E-state index contributed by atoms with van der Waals surface area (Å²) in [4.78, 5) is 7.96. The molecule has 2 aromatic rings. The molecule has 2 aromatic heterocycles. The maximum atomic E-state index is 5.31. The molecule has 0 aromatic carbocycles. The zero-order valence-corrected chi connectivity index (χ0v) is 7.20. The minimum atomic E-state index is 0.583. The van der Waals surface area contributed by atoms with Crippen molar-refractivity contribution in [1.82, 2.24) is 9.94 Å². The Kier molecular flexibility index (Phi) is 2.09. The lowest BCUT2D eigenvalue weighted by Gasteiger charge is -2.01. The summed E-state index contributed by atoms with van der Waals surface area (Å²) in [6, 6.07) is 5.87. The Morgan fingerprint density at radius 3 is 3.17 bits per heavy atom. The van der Waals surface area contributed by atoms with Gasteiger partial charge in [0.2, 0.25) is 0 Å². The molecule has 12 heavy (non-hydrogen) atoms. The van der Waals surface area contributed by atoms with Crippen molar-refractivity contribution >= 4 is 11.3 Å². The second-order valence-corrected chi connectivity index (χ2v) is 3.29. The Hall–Kier alpha value is -1.29. The third-order valence-corrected chi connectivity index (χ3v) is 2.25. The van der Waals surface area contributed by atoms with Gasteiger partial charge in [-0.15, -0.1) is 21.3 Å². The van der Waals surface area contributed by atoms with E-state index < -0.39 is 0 Å². The Morgan fingerprint density at radius 2 is 2.50 bits per heavy atom. The van der Waals surface area contributed by atoms with E-state index in [1.54, 1.807) is 23.7 Å². The minimum Gasteiger partial charge on any atom is -0.391 e. The highest BCUT2D eigenvalue weighted by Crippen LogP contribution is 2.07. The lowest BCUT2D eigenvalue weighted by Crippen LogP contribution is -2.10. The van der Waals surface area contributed by atoms with Crippen LogP contribution in [0.3, 0.4) is 0 Å². The highest BCUT2D eigenvalue weighted by Gasteiger charge is 1.94. The highest BCUT2D eigenvalue weighted by atomic mass is 32.1. The standard InChI is InChI=1S/C8H8N2OS/c1-3-8(12-6-1)7-11-10-5-2-4-9-10/h1-6H,7H2. The van der Waals surface area contributed by atoms with Crippen molar-refractivity contribution in [2.75, 3.05) is 0 Å². The number of rotatable bonds is 3. The molecule has 3 nitrogen and oxygen atoms in total. The molecule has 0 fully saturated rings. The normalized spacial score (nSPS) is 10.0. The van der Waals surface area contributed by atoms with E-state index in [1.807, 2.05) is 23.6 Å². The van der Waals surface area contributed by atoms with Gasteiger partial charge in [-0.1, -0.05) is 6.07 Å². The summed E-state index contributed by atoms with van der Waals surface area (Å²) < 4.78 is 0. The average molecular weight is 180 g/mol. The van der Waals surface area contributed by atoms with E-state index in [1.165, 1.54) is 9.72 Å². The Morgan fingerprint density at radius 1 is 1.50 bits per heavy atom. The van der Waals surface area contributed by atoms with E-state index in [4.69, 9.17) is 4.84 Å². The fraction of sp³-hybridized carbons (Fsp3) is 0.125. The molecule has 0 N–H and O–H groups in total. The van der Waals surface area contributed by atoms with Crippen LogP contribution < -0.4 is 4.84 Å². The topological polar surface area (TPSA) is 27.1 Å². The first-order chi connectivity index (χ1) is 5.95. The fourth-order valence-electron chi connectivity index (χ4n) is 0.856. The molecule has 62 valence electrons. The summed E-state index contributed by atoms with van der Waals surface area (Å²) >= 11 is 1.68. The van der Waals surface area contributed by atoms with Crippen molar-refractivity contribution < 1.29 is 4.84 Å². The van der Waals surface area contributed by atoms with Gasteiger partial charge in [0.1, 0.15) is 0 Å². The van der Waals surface area contributed by atoms with Gasteiger partial charge in [0.25, 0.3) is 0 Å². The smallest absolute Gasteiger partial charge is 0.151 e. The van der Waals surface area contributed by atoms with Crippen molar-refractivity contribution in [3.63, 3.8) is 0 Å². The van der Waals surface area contributed by atoms with Gasteiger partial charge in [-0.3, -0.25) is 0 Å². The maximum absolute atomic E-state index is 5.31. The van der Waals surface area contributed by atoms with Crippen molar-refractivity contribution in [3.05, 3.63) is 40.8 Å². The zero-order valence-electron chi connectivity index (χ0n) is 6.38. The SMILES string of the molecule is c1csc(COn2cccn2)c1. The molecule has 0 spiro atoms. The van der Waals surface area contributed by atoms with Crippen molar-refractivity contribution in [2.24, 2.45) is 0 Å². The molecule has 2 heterocycles. The first kappa shape index (κ1) is 7.36. The first-order valence-corrected chi connectivity index (χ1v) is 4.48. The summed E-state index contributed by atoms with van der Waals surface area (Å²) in [6.07, 6.45) is 3.46. The molecule has 0 unspecified atom stereocenters. The average Bonchev–Trinajstić information content (AvgIpc) is 2.74. The molecule has 0 atom stereocenters. The van der Waals surface area contributed by atoms with Gasteiger partial charge in [0, 0.05) is 4.88 Å². The fourth-order valence-corrected chi connectivity index (χ4v) is 1.47. The second kappa shape index (κ2) is 3.40. The van der Waals surface area contributed by atoms with Gasteiger partial charge >= 0.3 is 0 Å². The summed E-state index contributed by atoms with van der Waals surface area (Å²) in [5.41, 5.74) is 0. The lowest BCUT2D eigenvalue weighted by atomic mass is 10.5. The molecular weight excluding hydrogens is 172 g/mol. The third kappa shape index (κ3) is 1.65. The van der Waals surface area contributed by atoms with Crippen LogP contribution in [0.2, 0.25) is 0 Å². The molecule has 0 aliphatic rings. The van der Waals surface area contributed by atoms with Gasteiger partial charge < -0.3 is 4.84 Å². The van der Waals surface area contributed by atoms with Crippen molar-refractivity contribution in [2.45, 2.75) is 6.61 Å². The van der Waals surface area contributed by atoms with Crippen LogP contribution in [-0.2, 0) is 6.61 Å². The molecule has 0 aliphatic heterocycles. The molecule has 4 heteroatoms. The van der Waals surface area contributed by atoms with E-state index in [0.29, 0.717) is 6.61 Å². The van der Waals surface area contributed by atoms with E-state index >= 15 is 0 Å². The van der Waals surface area contributed by atoms with E-state index in [-0.39, 0.29) is 0 Å². The molecule has 0 saturated heterocycles. The lowest BCUT2D eigenvalue weighted by molar-refractivity contribution is 0.0717. The van der Waals surface area contributed by atoms with Crippen molar-refractivity contribution in [1.29, 1.82) is 0 Å². The molecule has 2 rings (SSSR count). The number of aromatic nitrogens is 2. The molecule has 0 bridgehead atoms. The number of nitrogens with zero attached hydrogens (tertiary/aromatic N) is 2. The molecular formula is C8H8N2OS. The quantitative estimate of drug-likeness (QED) is 0.717. The van der Waals surface area contributed by atoms with Gasteiger partial charge in [-0.05, 0) is 17.5 Å². The van der Waals surface area contributed by atoms with Gasteiger partial charge in [0.05, 0.1) is 12.4 Å². The van der Waals surface area contributed by atoms with Crippen LogP contribution in [-0.4, -0.2) is 9.94 Å². The van der Waals surface area contributed by atoms with E-state index in [0.717, 1.165) is 0 Å². The number of hydrogen-bond donors (Lipinski definition) is 0. The monoisotopic (exact) mass is 180 g/mol. The predicted octanol–water partition coefficient (Wildman–Crippen LogP) is 1.57. The summed E-state index contributed by atoms with van der Waals surface area (Å²) in [5, 5.41) is 5.94. The largest absolute Gasteiger partial charge is 0.391 e. The summed E-state index contributed by atoms with van der Waals surface area (Å²) in [5.74, 6) is 0. The Balaban J connectivity index is 1.91. The predicted molar refractivity (Wildman–Crippen MR) is 46.8 cm³/mol. The molecule has 0 aliphatic carbocycles. The van der Waals surface area contributed by atoms with E-state index in [2.05, 4.69) is 5.10 Å². The number of hydrogen-bond acceptors (Lipinski definition) is 3. The first-order valence-electron chi connectivity index (χ1n) is 3.60. The van der Waals surface area contributed by atoms with Crippen LogP contribution in [0.5, 0.6) is 0 Å². The molecule has 0 saturated carbocycles. The minimum absolute atomic E-state index is 0.583. The van der Waals surface area contributed by atoms with Crippen LogP contribution in [0.25, 0.3) is 0 Å². The Bertz CT molecular complexity index is 280. The van der Waals surface area contributed by atoms with Gasteiger partial charge in [-0.2, -0.15) is 0 Å². The third-order valence-electron chi connectivity index (χ3n) is 1.40. The van der Waals surface area contributed by atoms with E-state index in [9.17, 15) is 0 Å². The summed E-state index contributed by atoms with van der Waals surface area (Å²) in [6.45, 7) is 0.583. The maximum Gasteiger partial charge on any atom is 0.151 e. The molecule has 0 radical (unpaired) electrons.